The molecule has 2 aliphatic heterocycles. The van der Waals surface area contributed by atoms with E-state index in [4.69, 9.17) is 9.47 Å². The molecule has 10 heteroatoms. The number of nitrogens with zero attached hydrogens (tertiary/aromatic N) is 2. The van der Waals surface area contributed by atoms with E-state index in [1.54, 1.807) is 26.0 Å². The van der Waals surface area contributed by atoms with Gasteiger partial charge in [0.1, 0.15) is 13.1 Å². The summed E-state index contributed by atoms with van der Waals surface area (Å²) >= 11 is 0. The van der Waals surface area contributed by atoms with Crippen LogP contribution < -0.4 is 29.3 Å². The minimum absolute atomic E-state index is 0. The monoisotopic (exact) mass is 647 g/mol. The maximum absolute atomic E-state index is 13.8. The van der Waals surface area contributed by atoms with Gasteiger partial charge in [-0.3, -0.25) is 10.1 Å². The van der Waals surface area contributed by atoms with Crippen LogP contribution in [0, 0.1) is 10.1 Å². The molecule has 0 aromatic heterocycles. The number of allylic oxidation sites excluding steroid dienone is 2. The van der Waals surface area contributed by atoms with Crippen LogP contribution in [0.25, 0.3) is 0 Å². The Bertz CT molecular complexity index is 1310. The van der Waals surface area contributed by atoms with Crippen molar-refractivity contribution in [1.29, 1.82) is 0 Å². The molecule has 0 bridgehead atoms. The van der Waals surface area contributed by atoms with Gasteiger partial charge in [-0.1, -0.05) is 42.5 Å². The zero-order valence-electron chi connectivity index (χ0n) is 22.6. The molecule has 0 aliphatic carbocycles. The number of carbonyl (C=O) groups excluding carboxylic acids is 2. The number of non-ortho nitro benzene ring substituents is 1. The number of nitrogens with one attached hydrogen (secondary N) is 1. The highest BCUT2D eigenvalue weighted by atomic mass is 127. The summed E-state index contributed by atoms with van der Waals surface area (Å²) in [5.41, 5.74) is 3.07. The largest absolute Gasteiger partial charge is 1.00 e. The Morgan fingerprint density at radius 3 is 2.36 bits per heavy atom. The van der Waals surface area contributed by atoms with E-state index in [9.17, 15) is 19.7 Å². The van der Waals surface area contributed by atoms with E-state index in [1.165, 1.54) is 24.8 Å². The summed E-state index contributed by atoms with van der Waals surface area (Å²) in [5, 5.41) is 14.6. The normalized spacial score (nSPS) is 22.9. The zero-order chi connectivity index (χ0) is 27.4. The second kappa shape index (κ2) is 12.7. The van der Waals surface area contributed by atoms with Crippen LogP contribution in [-0.4, -0.2) is 54.7 Å². The Balaban J connectivity index is 0.00000420. The molecule has 208 valence electrons. The molecule has 9 nitrogen and oxygen atoms in total. The minimum atomic E-state index is -0.870. The lowest BCUT2D eigenvalue weighted by atomic mass is 9.80. The molecule has 0 amide bonds. The second-order valence-electron chi connectivity index (χ2n) is 10.3. The smallest absolute Gasteiger partial charge is 0.337 e. The first-order chi connectivity index (χ1) is 18.1. The number of quaternary nitrogens is 1. The molecular weight excluding hydrogens is 613 g/mol. The van der Waals surface area contributed by atoms with Crippen molar-refractivity contribution in [3.63, 3.8) is 0 Å². The Kier molecular flexibility index (Phi) is 9.89. The number of dihydropyridines is 1. The van der Waals surface area contributed by atoms with Gasteiger partial charge in [-0.2, -0.15) is 0 Å². The summed E-state index contributed by atoms with van der Waals surface area (Å²) in [7, 11) is 3.44. The molecule has 0 saturated carbocycles. The number of likely N-dealkylation sites (tertiary alicyclic amines) is 1. The molecule has 3 atom stereocenters. The molecule has 2 aromatic rings. The van der Waals surface area contributed by atoms with E-state index in [1.807, 2.05) is 18.2 Å². The van der Waals surface area contributed by atoms with E-state index < -0.39 is 22.8 Å². The first-order valence-corrected chi connectivity index (χ1v) is 12.7. The zero-order valence-corrected chi connectivity index (χ0v) is 24.8. The summed E-state index contributed by atoms with van der Waals surface area (Å²) < 4.78 is 11.9. The SMILES string of the molecule is COC(=O)C1=C(C)NC(C)=C(C(=O)O[C@@H]2CCC[N+](C)(Cc3ccccc3)C2)[C@H]1c1cccc([N+](=O)[O-])c1.[I-]. The summed E-state index contributed by atoms with van der Waals surface area (Å²) in [6, 6.07) is 16.2. The quantitative estimate of drug-likeness (QED) is 0.159. The number of methoxy groups -OCH3 is 1. The number of nitro groups is 1. The van der Waals surface area contributed by atoms with Crippen LogP contribution in [0.1, 0.15) is 43.7 Å². The fourth-order valence-corrected chi connectivity index (χ4v) is 5.65. The summed E-state index contributed by atoms with van der Waals surface area (Å²) in [4.78, 5) is 37.6. The van der Waals surface area contributed by atoms with Crippen LogP contribution in [0.3, 0.4) is 0 Å². The minimum Gasteiger partial charge on any atom is -1.00 e. The first kappa shape index (κ1) is 30.3. The first-order valence-electron chi connectivity index (χ1n) is 12.7. The number of piperidine rings is 1. The highest BCUT2D eigenvalue weighted by Crippen LogP contribution is 2.40. The van der Waals surface area contributed by atoms with Gasteiger partial charge in [0.25, 0.3) is 5.69 Å². The molecule has 2 aromatic carbocycles. The van der Waals surface area contributed by atoms with Gasteiger partial charge in [0.05, 0.1) is 42.7 Å². The van der Waals surface area contributed by atoms with Crippen molar-refractivity contribution in [2.24, 2.45) is 0 Å². The van der Waals surface area contributed by atoms with E-state index >= 15 is 0 Å². The molecule has 1 unspecified atom stereocenters. The van der Waals surface area contributed by atoms with Crippen molar-refractivity contribution in [2.75, 3.05) is 27.2 Å². The van der Waals surface area contributed by atoms with E-state index in [-0.39, 0.29) is 46.9 Å². The lowest BCUT2D eigenvalue weighted by Crippen LogP contribution is -3.00. The third kappa shape index (κ3) is 6.85. The predicted octanol–water partition coefficient (Wildman–Crippen LogP) is 1.36. The van der Waals surface area contributed by atoms with Crippen molar-refractivity contribution in [3.05, 3.63) is 98.4 Å². The maximum atomic E-state index is 13.8. The van der Waals surface area contributed by atoms with Crippen molar-refractivity contribution >= 4 is 17.6 Å². The molecule has 39 heavy (non-hydrogen) atoms. The van der Waals surface area contributed by atoms with Gasteiger partial charge in [0.15, 0.2) is 6.10 Å². The van der Waals surface area contributed by atoms with Gasteiger partial charge in [0, 0.05) is 35.5 Å². The van der Waals surface area contributed by atoms with Gasteiger partial charge in [0.2, 0.25) is 0 Å². The number of halogens is 1. The third-order valence-corrected chi connectivity index (χ3v) is 7.35. The molecule has 4 rings (SSSR count). The molecule has 2 heterocycles. The molecule has 1 fully saturated rings. The standard InChI is InChI=1S/C29H33N3O6.HI/c1-19-25(28(33)37-4)27(22-12-8-13-23(16-22)31(35)36)26(20(2)30-19)29(34)38-24-14-9-15-32(3,18-24)17-21-10-6-5-7-11-21;/h5-8,10-13,16,24,27H,9,14-15,17-18H2,1-4H3;1H/t24-,27+,32?;/m1./s1. The van der Waals surface area contributed by atoms with Crippen molar-refractivity contribution < 1.29 is 52.4 Å². The number of rotatable bonds is 7. The fourth-order valence-electron chi connectivity index (χ4n) is 5.65. The Morgan fingerprint density at radius 2 is 1.72 bits per heavy atom. The van der Waals surface area contributed by atoms with E-state index in [0.717, 1.165) is 30.4 Å². The van der Waals surface area contributed by atoms with Gasteiger partial charge in [-0.05, 0) is 25.8 Å². The Morgan fingerprint density at radius 1 is 1.05 bits per heavy atom. The topological polar surface area (TPSA) is 108 Å². The van der Waals surface area contributed by atoms with Crippen molar-refractivity contribution in [3.8, 4) is 0 Å². The number of benzene rings is 2. The Hall–Kier alpha value is -3.25. The number of likely N-dealkylation sites (N-methyl/N-ethyl adjacent to an activating group) is 1. The summed E-state index contributed by atoms with van der Waals surface area (Å²) in [5.74, 6) is -2.03. The van der Waals surface area contributed by atoms with Gasteiger partial charge in [-0.15, -0.1) is 0 Å². The fraction of sp³-hybridized carbons (Fsp3) is 0.379. The van der Waals surface area contributed by atoms with Crippen LogP contribution in [0.2, 0.25) is 0 Å². The average molecular weight is 648 g/mol. The van der Waals surface area contributed by atoms with Crippen LogP contribution in [0.4, 0.5) is 5.69 Å². The van der Waals surface area contributed by atoms with Crippen LogP contribution in [-0.2, 0) is 25.6 Å². The van der Waals surface area contributed by atoms with Crippen molar-refractivity contribution in [2.45, 2.75) is 45.3 Å². The number of esters is 2. The number of carbonyl (C=O) groups is 2. The molecule has 0 spiro atoms. The maximum Gasteiger partial charge on any atom is 0.337 e. The van der Waals surface area contributed by atoms with Gasteiger partial charge < -0.3 is 43.3 Å². The van der Waals surface area contributed by atoms with E-state index in [2.05, 4.69) is 24.5 Å². The number of ether oxygens (including phenoxy) is 2. The van der Waals surface area contributed by atoms with Gasteiger partial charge >= 0.3 is 11.9 Å². The second-order valence-corrected chi connectivity index (χ2v) is 10.3. The summed E-state index contributed by atoms with van der Waals surface area (Å²) in [6.45, 7) is 5.95. The molecular formula is C29H34IN3O6. The highest BCUT2D eigenvalue weighted by molar-refractivity contribution is 6.00. The van der Waals surface area contributed by atoms with Gasteiger partial charge in [-0.25, -0.2) is 9.59 Å². The van der Waals surface area contributed by atoms with Crippen LogP contribution >= 0.6 is 0 Å². The number of hydrogen-bond acceptors (Lipinski definition) is 7. The van der Waals surface area contributed by atoms with E-state index in [0.29, 0.717) is 23.5 Å². The Labute approximate surface area is 245 Å². The predicted molar refractivity (Wildman–Crippen MR) is 142 cm³/mol. The average Bonchev–Trinajstić information content (AvgIpc) is 2.88. The van der Waals surface area contributed by atoms with Crippen LogP contribution in [0.5, 0.6) is 0 Å². The highest BCUT2D eigenvalue weighted by Gasteiger charge is 2.40. The molecule has 1 saturated heterocycles. The number of nitro benzene ring substituents is 1. The molecule has 1 N–H and O–H groups in total. The number of hydrogen-bond donors (Lipinski definition) is 1. The van der Waals surface area contributed by atoms with Crippen LogP contribution in [0.15, 0.2) is 77.1 Å². The third-order valence-electron chi connectivity index (χ3n) is 7.35. The molecule has 2 aliphatic rings. The molecule has 0 radical (unpaired) electrons. The lowest BCUT2D eigenvalue weighted by molar-refractivity contribution is -0.929. The van der Waals surface area contributed by atoms with Crippen molar-refractivity contribution in [1.82, 2.24) is 5.32 Å². The lowest BCUT2D eigenvalue weighted by Gasteiger charge is -2.41. The summed E-state index contributed by atoms with van der Waals surface area (Å²) in [6.07, 6.45) is 1.36.